The van der Waals surface area contributed by atoms with E-state index in [2.05, 4.69) is 17.2 Å². The molecule has 2 aromatic rings. The minimum Gasteiger partial charge on any atom is -0.493 e. The molecule has 1 aromatic heterocycles. The number of benzene rings is 1. The fraction of sp³-hybridized carbons (Fsp3) is 0.375. The fourth-order valence-corrected chi connectivity index (χ4v) is 2.57. The Labute approximate surface area is 119 Å². The van der Waals surface area contributed by atoms with Crippen LogP contribution in [0, 0.1) is 6.92 Å². The average Bonchev–Trinajstić information content (AvgIpc) is 2.48. The molecule has 1 aliphatic rings. The van der Waals surface area contributed by atoms with Crippen LogP contribution in [0.3, 0.4) is 0 Å². The Morgan fingerprint density at radius 1 is 1.25 bits per heavy atom. The number of aromatic nitrogens is 2. The van der Waals surface area contributed by atoms with Gasteiger partial charge in [-0.3, -0.25) is 0 Å². The van der Waals surface area contributed by atoms with Crippen molar-refractivity contribution in [3.05, 3.63) is 41.2 Å². The van der Waals surface area contributed by atoms with Crippen LogP contribution in [0.1, 0.15) is 23.9 Å². The highest BCUT2D eigenvalue weighted by Gasteiger charge is 2.17. The van der Waals surface area contributed by atoms with Crippen molar-refractivity contribution in [1.82, 2.24) is 15.3 Å². The van der Waals surface area contributed by atoms with Gasteiger partial charge in [-0.05, 0) is 26.0 Å². The summed E-state index contributed by atoms with van der Waals surface area (Å²) < 4.78 is 5.68. The van der Waals surface area contributed by atoms with Crippen molar-refractivity contribution in [2.75, 3.05) is 13.2 Å². The number of fused-ring (bicyclic) bond motifs is 1. The van der Waals surface area contributed by atoms with Gasteiger partial charge in [-0.15, -0.1) is 0 Å². The maximum absolute atomic E-state index is 5.68. The van der Waals surface area contributed by atoms with E-state index in [1.165, 1.54) is 5.56 Å². The number of aryl methyl sites for hydroxylation is 1. The third kappa shape index (κ3) is 2.39. The van der Waals surface area contributed by atoms with E-state index in [0.717, 1.165) is 48.0 Å². The van der Waals surface area contributed by atoms with Gasteiger partial charge in [-0.2, -0.15) is 0 Å². The topological polar surface area (TPSA) is 47.0 Å². The molecular weight excluding hydrogens is 250 g/mol. The summed E-state index contributed by atoms with van der Waals surface area (Å²) in [6.07, 6.45) is 0.961. The van der Waals surface area contributed by atoms with E-state index in [1.54, 1.807) is 0 Å². The molecule has 20 heavy (non-hydrogen) atoms. The van der Waals surface area contributed by atoms with Gasteiger partial charge in [0, 0.05) is 30.8 Å². The first kappa shape index (κ1) is 13.1. The lowest BCUT2D eigenvalue weighted by atomic mass is 10.0. The maximum Gasteiger partial charge on any atom is 0.163 e. The van der Waals surface area contributed by atoms with E-state index >= 15 is 0 Å². The molecule has 0 spiro atoms. The monoisotopic (exact) mass is 269 g/mol. The van der Waals surface area contributed by atoms with Gasteiger partial charge in [-0.1, -0.05) is 12.1 Å². The molecule has 1 aromatic carbocycles. The molecule has 1 N–H and O–H groups in total. The van der Waals surface area contributed by atoms with Gasteiger partial charge >= 0.3 is 0 Å². The smallest absolute Gasteiger partial charge is 0.163 e. The quantitative estimate of drug-likeness (QED) is 0.930. The zero-order valence-electron chi connectivity index (χ0n) is 11.9. The molecule has 1 aliphatic heterocycles. The minimum atomic E-state index is 0.644. The highest BCUT2D eigenvalue weighted by Crippen LogP contribution is 2.29. The molecule has 3 rings (SSSR count). The highest BCUT2D eigenvalue weighted by atomic mass is 16.5. The highest BCUT2D eigenvalue weighted by molar-refractivity contribution is 5.64. The molecule has 0 bridgehead atoms. The molecule has 0 saturated heterocycles. The van der Waals surface area contributed by atoms with Crippen molar-refractivity contribution in [1.29, 1.82) is 0 Å². The van der Waals surface area contributed by atoms with E-state index < -0.39 is 0 Å². The zero-order chi connectivity index (χ0) is 13.9. The molecule has 4 heteroatoms. The van der Waals surface area contributed by atoms with Gasteiger partial charge in [0.25, 0.3) is 0 Å². The molecule has 0 fully saturated rings. The van der Waals surface area contributed by atoms with Gasteiger partial charge < -0.3 is 10.1 Å². The fourth-order valence-electron chi connectivity index (χ4n) is 2.57. The Morgan fingerprint density at radius 2 is 2.10 bits per heavy atom. The lowest BCUT2D eigenvalue weighted by Gasteiger charge is -2.19. The Bertz CT molecular complexity index is 625. The van der Waals surface area contributed by atoms with Crippen molar-refractivity contribution in [3.63, 3.8) is 0 Å². The molecule has 0 radical (unpaired) electrons. The summed E-state index contributed by atoms with van der Waals surface area (Å²) >= 11 is 0. The van der Waals surface area contributed by atoms with Crippen molar-refractivity contribution >= 4 is 0 Å². The van der Waals surface area contributed by atoms with Crippen molar-refractivity contribution in [2.45, 2.75) is 26.8 Å². The maximum atomic E-state index is 5.68. The molecule has 4 nitrogen and oxygen atoms in total. The lowest BCUT2D eigenvalue weighted by molar-refractivity contribution is 0.341. The zero-order valence-corrected chi connectivity index (χ0v) is 11.9. The van der Waals surface area contributed by atoms with Crippen molar-refractivity contribution < 1.29 is 4.74 Å². The molecule has 104 valence electrons. The van der Waals surface area contributed by atoms with Crippen LogP contribution in [0.2, 0.25) is 0 Å². The third-order valence-electron chi connectivity index (χ3n) is 3.57. The average molecular weight is 269 g/mol. The van der Waals surface area contributed by atoms with Crippen LogP contribution in [-0.2, 0) is 13.0 Å². The van der Waals surface area contributed by atoms with E-state index in [1.807, 2.05) is 31.2 Å². The van der Waals surface area contributed by atoms with Gasteiger partial charge in [0.2, 0.25) is 0 Å². The van der Waals surface area contributed by atoms with E-state index in [9.17, 15) is 0 Å². The summed E-state index contributed by atoms with van der Waals surface area (Å²) in [4.78, 5) is 9.42. The summed E-state index contributed by atoms with van der Waals surface area (Å²) in [7, 11) is 0. The predicted octanol–water partition coefficient (Wildman–Crippen LogP) is 2.50. The Hall–Kier alpha value is -1.94. The predicted molar refractivity (Wildman–Crippen MR) is 78.8 cm³/mol. The van der Waals surface area contributed by atoms with Gasteiger partial charge in [0.05, 0.1) is 17.9 Å². The largest absolute Gasteiger partial charge is 0.493 e. The number of ether oxygens (including phenoxy) is 1. The first-order valence-electron chi connectivity index (χ1n) is 7.09. The Kier molecular flexibility index (Phi) is 3.65. The second-order valence-corrected chi connectivity index (χ2v) is 4.91. The number of para-hydroxylation sites is 1. The minimum absolute atomic E-state index is 0.644. The van der Waals surface area contributed by atoms with Crippen LogP contribution in [0.5, 0.6) is 5.75 Å². The molecule has 0 amide bonds. The summed E-state index contributed by atoms with van der Waals surface area (Å²) in [6.45, 7) is 6.54. The van der Waals surface area contributed by atoms with Gasteiger partial charge in [0.1, 0.15) is 5.75 Å². The SMILES string of the molecule is CCOc1ccccc1-c1nc(C)c2c(n1)CCNC2. The lowest BCUT2D eigenvalue weighted by Crippen LogP contribution is -2.26. The molecule has 0 saturated carbocycles. The summed E-state index contributed by atoms with van der Waals surface area (Å²) in [5, 5.41) is 3.37. The van der Waals surface area contributed by atoms with Crippen molar-refractivity contribution in [2.24, 2.45) is 0 Å². The van der Waals surface area contributed by atoms with Crippen LogP contribution >= 0.6 is 0 Å². The van der Waals surface area contributed by atoms with Gasteiger partial charge in [-0.25, -0.2) is 9.97 Å². The molecule has 0 unspecified atom stereocenters. The van der Waals surface area contributed by atoms with Gasteiger partial charge in [0.15, 0.2) is 5.82 Å². The number of rotatable bonds is 3. The summed E-state index contributed by atoms with van der Waals surface area (Å²) in [5.74, 6) is 1.62. The van der Waals surface area contributed by atoms with Crippen LogP contribution in [-0.4, -0.2) is 23.1 Å². The second kappa shape index (κ2) is 5.59. The van der Waals surface area contributed by atoms with Crippen LogP contribution in [0.15, 0.2) is 24.3 Å². The van der Waals surface area contributed by atoms with Crippen molar-refractivity contribution in [3.8, 4) is 17.1 Å². The molecular formula is C16H19N3O. The number of nitrogens with zero attached hydrogens (tertiary/aromatic N) is 2. The molecule has 2 heterocycles. The van der Waals surface area contributed by atoms with Crippen LogP contribution in [0.25, 0.3) is 11.4 Å². The first-order valence-corrected chi connectivity index (χ1v) is 7.09. The normalized spacial score (nSPS) is 13.9. The number of hydrogen-bond acceptors (Lipinski definition) is 4. The summed E-state index contributed by atoms with van der Waals surface area (Å²) in [5.41, 5.74) is 4.44. The molecule has 0 aliphatic carbocycles. The Morgan fingerprint density at radius 3 is 2.95 bits per heavy atom. The van der Waals surface area contributed by atoms with Crippen LogP contribution in [0.4, 0.5) is 0 Å². The van der Waals surface area contributed by atoms with E-state index in [-0.39, 0.29) is 0 Å². The van der Waals surface area contributed by atoms with E-state index in [0.29, 0.717) is 6.61 Å². The third-order valence-corrected chi connectivity index (χ3v) is 3.57. The number of nitrogens with one attached hydrogen (secondary N) is 1. The summed E-state index contributed by atoms with van der Waals surface area (Å²) in [6, 6.07) is 7.97. The second-order valence-electron chi connectivity index (χ2n) is 4.91. The molecule has 0 atom stereocenters. The van der Waals surface area contributed by atoms with Crippen LogP contribution < -0.4 is 10.1 Å². The Balaban J connectivity index is 2.09. The van der Waals surface area contributed by atoms with E-state index in [4.69, 9.17) is 9.72 Å². The first-order chi connectivity index (χ1) is 9.79. The standard InChI is InChI=1S/C16H19N3O/c1-3-20-15-7-5-4-6-12(15)16-18-11(2)13-10-17-9-8-14(13)19-16/h4-7,17H,3,8-10H2,1-2H3. The number of hydrogen-bond donors (Lipinski definition) is 1.